The van der Waals surface area contributed by atoms with E-state index in [0.717, 1.165) is 0 Å². The van der Waals surface area contributed by atoms with Crippen molar-refractivity contribution in [1.29, 1.82) is 0 Å². The van der Waals surface area contributed by atoms with Crippen LogP contribution in [0.5, 0.6) is 0 Å². The van der Waals surface area contributed by atoms with Gasteiger partial charge in [0, 0.05) is 0 Å². The molecule has 4 aliphatic rings. The first-order valence-electron chi connectivity index (χ1n) is 14.0. The molecule has 4 aliphatic heterocycles. The molecule has 0 aliphatic carbocycles. The van der Waals surface area contributed by atoms with Crippen molar-refractivity contribution in [2.24, 2.45) is 0 Å². The summed E-state index contributed by atoms with van der Waals surface area (Å²) in [6, 6.07) is 0. The average molecular weight is 651 g/mol. The van der Waals surface area contributed by atoms with Crippen molar-refractivity contribution >= 4 is 0 Å². The highest BCUT2D eigenvalue weighted by Crippen LogP contribution is 2.34. The molecule has 20 nitrogen and oxygen atoms in total. The van der Waals surface area contributed by atoms with Gasteiger partial charge in [0.1, 0.15) is 91.6 Å². The van der Waals surface area contributed by atoms with Crippen LogP contribution in [0.1, 0.15) is 6.92 Å². The Morgan fingerprint density at radius 2 is 0.841 bits per heavy atom. The standard InChI is InChI=1S/C24H42O20/c1-5-9(28)12(31)15(34)22(38-5)43-19-11(30)7(3-26)39-21(37)20(19)44-24-17(36)14(33)18(8(4-27)41-24)42-23-16(35)13(32)10(29)6(2-25)40-23/h5-37H,2-4H2,1H3/t5-,6+,7+,8+,9-,10-,11+,12+,13-,14+,15+,16+,17+,18+,19-,20+,21+,22-,23-,24-/m0/s1. The van der Waals surface area contributed by atoms with Gasteiger partial charge in [0.05, 0.1) is 25.9 Å². The Bertz CT molecular complexity index is 898. The molecule has 0 radical (unpaired) electrons. The lowest BCUT2D eigenvalue weighted by Gasteiger charge is -2.49. The molecule has 0 unspecified atom stereocenters. The topological polar surface area (TPSA) is 328 Å². The van der Waals surface area contributed by atoms with E-state index in [1.165, 1.54) is 6.92 Å². The SMILES string of the molecule is C[C@@H]1O[C@@H](O[C@H]2[C@H](O)[C@@H](CO)O[C@@H](O)[C@@H]2O[C@@H]2O[C@H](CO)[C@@H](O[C@@H]3O[C@H](CO)[C@H](O)[C@H](O)[C@H]3O)[C@H](O)[C@H]2O)[C@H](O)[C@H](O)[C@H]1O. The molecule has 0 amide bonds. The molecule has 4 saturated heterocycles. The van der Waals surface area contributed by atoms with Crippen LogP contribution in [0, 0.1) is 0 Å². The van der Waals surface area contributed by atoms with Crippen LogP contribution in [0.15, 0.2) is 0 Å². The van der Waals surface area contributed by atoms with Crippen LogP contribution in [0.3, 0.4) is 0 Å². The monoisotopic (exact) mass is 650 g/mol. The number of hydrogen-bond donors (Lipinski definition) is 13. The second-order valence-corrected chi connectivity index (χ2v) is 11.1. The Balaban J connectivity index is 1.51. The predicted molar refractivity (Wildman–Crippen MR) is 132 cm³/mol. The van der Waals surface area contributed by atoms with Crippen LogP contribution in [-0.2, 0) is 33.2 Å². The molecule has 20 atom stereocenters. The molecular weight excluding hydrogens is 608 g/mol. The molecule has 0 aromatic heterocycles. The Hall–Kier alpha value is -0.800. The van der Waals surface area contributed by atoms with Gasteiger partial charge >= 0.3 is 0 Å². The zero-order valence-electron chi connectivity index (χ0n) is 23.3. The van der Waals surface area contributed by atoms with E-state index in [-0.39, 0.29) is 0 Å². The summed E-state index contributed by atoms with van der Waals surface area (Å²) in [5, 5.41) is 133. The highest BCUT2D eigenvalue weighted by atomic mass is 16.8. The van der Waals surface area contributed by atoms with Gasteiger partial charge in [-0.05, 0) is 6.92 Å². The lowest BCUT2D eigenvalue weighted by Crippen LogP contribution is -2.67. The molecule has 44 heavy (non-hydrogen) atoms. The molecule has 4 fully saturated rings. The molecule has 258 valence electrons. The molecule has 0 aromatic carbocycles. The van der Waals surface area contributed by atoms with Gasteiger partial charge in [-0.1, -0.05) is 0 Å². The third-order valence-electron chi connectivity index (χ3n) is 8.17. The maximum atomic E-state index is 10.9. The van der Waals surface area contributed by atoms with E-state index in [1.54, 1.807) is 0 Å². The maximum Gasteiger partial charge on any atom is 0.187 e. The number of hydrogen-bond acceptors (Lipinski definition) is 20. The van der Waals surface area contributed by atoms with Crippen LogP contribution in [0.2, 0.25) is 0 Å². The van der Waals surface area contributed by atoms with Gasteiger partial charge in [0.2, 0.25) is 0 Å². The van der Waals surface area contributed by atoms with E-state index in [9.17, 15) is 66.4 Å². The Kier molecular flexibility index (Phi) is 12.3. The fraction of sp³-hybridized carbons (Fsp3) is 1.00. The summed E-state index contributed by atoms with van der Waals surface area (Å²) < 4.78 is 38.1. The van der Waals surface area contributed by atoms with Crippen molar-refractivity contribution in [3.8, 4) is 0 Å². The number of ether oxygens (including phenoxy) is 7. The normalized spacial score (nSPS) is 53.9. The van der Waals surface area contributed by atoms with E-state index in [1.807, 2.05) is 0 Å². The first-order valence-corrected chi connectivity index (χ1v) is 14.0. The van der Waals surface area contributed by atoms with Gasteiger partial charge in [0.15, 0.2) is 25.2 Å². The van der Waals surface area contributed by atoms with Crippen LogP contribution < -0.4 is 0 Å². The molecule has 20 heteroatoms. The minimum atomic E-state index is -2.04. The lowest BCUT2D eigenvalue weighted by molar-refractivity contribution is -0.395. The van der Waals surface area contributed by atoms with Gasteiger partial charge in [-0.25, -0.2) is 0 Å². The van der Waals surface area contributed by atoms with Crippen LogP contribution >= 0.6 is 0 Å². The number of rotatable bonds is 9. The molecule has 4 rings (SSSR count). The average Bonchev–Trinajstić information content (AvgIpc) is 3.01. The molecule has 0 bridgehead atoms. The van der Waals surface area contributed by atoms with Crippen LogP contribution in [-0.4, -0.2) is 209 Å². The summed E-state index contributed by atoms with van der Waals surface area (Å²) in [5.74, 6) is 0. The third-order valence-corrected chi connectivity index (χ3v) is 8.17. The number of aliphatic hydroxyl groups excluding tert-OH is 13. The summed E-state index contributed by atoms with van der Waals surface area (Å²) >= 11 is 0. The van der Waals surface area contributed by atoms with Crippen molar-refractivity contribution in [2.75, 3.05) is 19.8 Å². The summed E-state index contributed by atoms with van der Waals surface area (Å²) in [7, 11) is 0. The first-order chi connectivity index (χ1) is 20.7. The van der Waals surface area contributed by atoms with Crippen molar-refractivity contribution in [1.82, 2.24) is 0 Å². The van der Waals surface area contributed by atoms with E-state index < -0.39 is 143 Å². The second kappa shape index (κ2) is 15.0. The van der Waals surface area contributed by atoms with Crippen molar-refractivity contribution in [2.45, 2.75) is 130 Å². The summed E-state index contributed by atoms with van der Waals surface area (Å²) in [6.07, 6.45) is -34.3. The molecule has 4 heterocycles. The van der Waals surface area contributed by atoms with Gasteiger partial charge in [-0.15, -0.1) is 0 Å². The molecule has 0 aromatic rings. The highest BCUT2D eigenvalue weighted by Gasteiger charge is 2.55. The Morgan fingerprint density at radius 3 is 1.41 bits per heavy atom. The molecule has 13 N–H and O–H groups in total. The molecular formula is C24H42O20. The summed E-state index contributed by atoms with van der Waals surface area (Å²) in [5.41, 5.74) is 0. The summed E-state index contributed by atoms with van der Waals surface area (Å²) in [6.45, 7) is -1.14. The molecule has 0 saturated carbocycles. The van der Waals surface area contributed by atoms with Gasteiger partial charge in [0.25, 0.3) is 0 Å². The highest BCUT2D eigenvalue weighted by molar-refractivity contribution is 4.97. The zero-order chi connectivity index (χ0) is 32.6. The first kappa shape index (κ1) is 36.0. The van der Waals surface area contributed by atoms with E-state index in [2.05, 4.69) is 0 Å². The van der Waals surface area contributed by atoms with E-state index in [4.69, 9.17) is 33.2 Å². The fourth-order valence-corrected chi connectivity index (χ4v) is 5.46. The predicted octanol–water partition coefficient (Wildman–Crippen LogP) is -8.72. The van der Waals surface area contributed by atoms with E-state index in [0.29, 0.717) is 0 Å². The quantitative estimate of drug-likeness (QED) is 0.110. The molecule has 0 spiro atoms. The maximum absolute atomic E-state index is 10.9. The second-order valence-electron chi connectivity index (χ2n) is 11.1. The minimum Gasteiger partial charge on any atom is -0.394 e. The minimum absolute atomic E-state index is 0.782. The summed E-state index contributed by atoms with van der Waals surface area (Å²) in [4.78, 5) is 0. The van der Waals surface area contributed by atoms with Crippen LogP contribution in [0.4, 0.5) is 0 Å². The van der Waals surface area contributed by atoms with Crippen molar-refractivity contribution < 1.29 is 99.5 Å². The van der Waals surface area contributed by atoms with Crippen molar-refractivity contribution in [3.63, 3.8) is 0 Å². The largest absolute Gasteiger partial charge is 0.394 e. The van der Waals surface area contributed by atoms with Gasteiger partial charge < -0.3 is 99.5 Å². The fourth-order valence-electron chi connectivity index (χ4n) is 5.46. The smallest absolute Gasteiger partial charge is 0.187 e. The van der Waals surface area contributed by atoms with Crippen molar-refractivity contribution in [3.05, 3.63) is 0 Å². The zero-order valence-corrected chi connectivity index (χ0v) is 23.3. The lowest BCUT2D eigenvalue weighted by atomic mass is 9.96. The Labute approximate surface area is 249 Å². The number of aliphatic hydroxyl groups is 13. The van der Waals surface area contributed by atoms with Crippen LogP contribution in [0.25, 0.3) is 0 Å². The van der Waals surface area contributed by atoms with Gasteiger partial charge in [-0.2, -0.15) is 0 Å². The van der Waals surface area contributed by atoms with E-state index >= 15 is 0 Å². The van der Waals surface area contributed by atoms with Gasteiger partial charge in [-0.3, -0.25) is 0 Å². The third kappa shape index (κ3) is 7.05. The Morgan fingerprint density at radius 1 is 0.409 bits per heavy atom.